The van der Waals surface area contributed by atoms with Crippen molar-refractivity contribution in [2.24, 2.45) is 0 Å². The predicted octanol–water partition coefficient (Wildman–Crippen LogP) is -0.386. The van der Waals surface area contributed by atoms with Gasteiger partial charge in [0.05, 0.1) is 6.10 Å². The van der Waals surface area contributed by atoms with Gasteiger partial charge in [-0.15, -0.1) is 0 Å². The summed E-state index contributed by atoms with van der Waals surface area (Å²) in [6, 6.07) is 0. The van der Waals surface area contributed by atoms with Gasteiger partial charge in [-0.2, -0.15) is 0 Å². The summed E-state index contributed by atoms with van der Waals surface area (Å²) >= 11 is 0. The molecule has 2 aliphatic heterocycles. The number of carbonyl (C=O) groups excluding carboxylic acids is 1. The topological polar surface area (TPSA) is 50.8 Å². The minimum atomic E-state index is 0.119. The van der Waals surface area contributed by atoms with Gasteiger partial charge in [-0.3, -0.25) is 4.79 Å². The van der Waals surface area contributed by atoms with Crippen LogP contribution in [0.5, 0.6) is 0 Å². The quantitative estimate of drug-likeness (QED) is 0.715. The molecule has 5 nitrogen and oxygen atoms in total. The Balaban J connectivity index is 1.65. The lowest BCUT2D eigenvalue weighted by atomic mass is 10.1. The molecule has 0 aliphatic carbocycles. The van der Waals surface area contributed by atoms with Crippen LogP contribution in [0.2, 0.25) is 0 Å². The maximum atomic E-state index is 11.8. The smallest absolute Gasteiger partial charge is 0.248 e. The average molecular weight is 228 g/mol. The highest BCUT2D eigenvalue weighted by molar-refractivity contribution is 5.77. The highest BCUT2D eigenvalue weighted by atomic mass is 16.5. The van der Waals surface area contributed by atoms with Crippen LogP contribution in [0.15, 0.2) is 0 Å². The number of ether oxygens (including phenoxy) is 2. The zero-order valence-corrected chi connectivity index (χ0v) is 9.61. The van der Waals surface area contributed by atoms with E-state index in [2.05, 4.69) is 5.32 Å². The van der Waals surface area contributed by atoms with Gasteiger partial charge in [0.1, 0.15) is 6.61 Å². The highest BCUT2D eigenvalue weighted by Crippen LogP contribution is 2.10. The van der Waals surface area contributed by atoms with Crippen LogP contribution in [0, 0.1) is 0 Å². The molecular formula is C11H20N2O3. The van der Waals surface area contributed by atoms with Gasteiger partial charge >= 0.3 is 0 Å². The van der Waals surface area contributed by atoms with Crippen molar-refractivity contribution >= 4 is 5.91 Å². The van der Waals surface area contributed by atoms with Crippen LogP contribution in [-0.2, 0) is 14.3 Å². The van der Waals surface area contributed by atoms with Crippen LogP contribution in [0.3, 0.4) is 0 Å². The summed E-state index contributed by atoms with van der Waals surface area (Å²) in [5.74, 6) is 0.119. The second-order valence-corrected chi connectivity index (χ2v) is 4.25. The van der Waals surface area contributed by atoms with E-state index in [0.29, 0.717) is 0 Å². The SMILES string of the molecule is O=C(COC1CCOCC1)N1CCNCC1. The molecular weight excluding hydrogens is 208 g/mol. The van der Waals surface area contributed by atoms with Crippen molar-refractivity contribution < 1.29 is 14.3 Å². The van der Waals surface area contributed by atoms with Crippen LogP contribution in [0.4, 0.5) is 0 Å². The minimum Gasteiger partial charge on any atom is -0.381 e. The molecule has 2 rings (SSSR count). The van der Waals surface area contributed by atoms with Gasteiger partial charge in [-0.05, 0) is 12.8 Å². The number of hydrogen-bond donors (Lipinski definition) is 1. The first-order valence-corrected chi connectivity index (χ1v) is 6.04. The van der Waals surface area contributed by atoms with Crippen molar-refractivity contribution in [2.75, 3.05) is 46.0 Å². The molecule has 0 atom stereocenters. The third-order valence-corrected chi connectivity index (χ3v) is 3.08. The van der Waals surface area contributed by atoms with Crippen LogP contribution >= 0.6 is 0 Å². The summed E-state index contributed by atoms with van der Waals surface area (Å²) in [7, 11) is 0. The molecule has 0 aromatic rings. The van der Waals surface area contributed by atoms with Gasteiger partial charge in [0.25, 0.3) is 0 Å². The molecule has 0 saturated carbocycles. The maximum absolute atomic E-state index is 11.8. The summed E-state index contributed by atoms with van der Waals surface area (Å²) in [6.07, 6.45) is 2.03. The standard InChI is InChI=1S/C11H20N2O3/c14-11(13-5-3-12-4-6-13)9-16-10-1-7-15-8-2-10/h10,12H,1-9H2. The lowest BCUT2D eigenvalue weighted by Crippen LogP contribution is -2.48. The second kappa shape index (κ2) is 6.18. The van der Waals surface area contributed by atoms with E-state index in [-0.39, 0.29) is 18.6 Å². The molecule has 2 heterocycles. The Morgan fingerprint density at radius 3 is 2.69 bits per heavy atom. The Morgan fingerprint density at radius 1 is 1.31 bits per heavy atom. The number of nitrogens with one attached hydrogen (secondary N) is 1. The third kappa shape index (κ3) is 3.43. The third-order valence-electron chi connectivity index (χ3n) is 3.08. The fourth-order valence-electron chi connectivity index (χ4n) is 2.04. The lowest BCUT2D eigenvalue weighted by molar-refractivity contribution is -0.140. The normalized spacial score (nSPS) is 23.4. The Bertz CT molecular complexity index is 223. The van der Waals surface area contributed by atoms with Crippen LogP contribution in [0.1, 0.15) is 12.8 Å². The molecule has 1 N–H and O–H groups in total. The van der Waals surface area contributed by atoms with Gasteiger partial charge in [0, 0.05) is 39.4 Å². The number of amides is 1. The molecule has 0 aromatic carbocycles. The first-order valence-electron chi connectivity index (χ1n) is 6.04. The van der Waals surface area contributed by atoms with E-state index in [1.165, 1.54) is 0 Å². The van der Waals surface area contributed by atoms with Gasteiger partial charge in [0.2, 0.25) is 5.91 Å². The number of carbonyl (C=O) groups is 1. The molecule has 5 heteroatoms. The van der Waals surface area contributed by atoms with E-state index in [9.17, 15) is 4.79 Å². The Morgan fingerprint density at radius 2 is 2.00 bits per heavy atom. The molecule has 0 spiro atoms. The summed E-state index contributed by atoms with van der Waals surface area (Å²) in [4.78, 5) is 13.7. The fraction of sp³-hybridized carbons (Fsp3) is 0.909. The van der Waals surface area contributed by atoms with Crippen molar-refractivity contribution in [3.63, 3.8) is 0 Å². The molecule has 0 unspecified atom stereocenters. The largest absolute Gasteiger partial charge is 0.381 e. The number of nitrogens with zero attached hydrogens (tertiary/aromatic N) is 1. The predicted molar refractivity (Wildman–Crippen MR) is 59.2 cm³/mol. The van der Waals surface area contributed by atoms with E-state index >= 15 is 0 Å². The van der Waals surface area contributed by atoms with Gasteiger partial charge in [-0.1, -0.05) is 0 Å². The molecule has 0 aromatic heterocycles. The number of piperazine rings is 1. The van der Waals surface area contributed by atoms with Gasteiger partial charge in [0.15, 0.2) is 0 Å². The van der Waals surface area contributed by atoms with Crippen molar-refractivity contribution in [1.82, 2.24) is 10.2 Å². The molecule has 0 radical (unpaired) electrons. The van der Waals surface area contributed by atoms with E-state index < -0.39 is 0 Å². The second-order valence-electron chi connectivity index (χ2n) is 4.25. The summed E-state index contributed by atoms with van der Waals surface area (Å²) in [5.41, 5.74) is 0. The maximum Gasteiger partial charge on any atom is 0.248 e. The zero-order chi connectivity index (χ0) is 11.2. The number of hydrogen-bond acceptors (Lipinski definition) is 4. The van der Waals surface area contributed by atoms with Crippen molar-refractivity contribution in [3.05, 3.63) is 0 Å². The Hall–Kier alpha value is -0.650. The van der Waals surface area contributed by atoms with Crippen molar-refractivity contribution in [3.8, 4) is 0 Å². The van der Waals surface area contributed by atoms with Gasteiger partial charge in [-0.25, -0.2) is 0 Å². The molecule has 0 bridgehead atoms. The zero-order valence-electron chi connectivity index (χ0n) is 9.61. The average Bonchev–Trinajstić information content (AvgIpc) is 2.38. The molecule has 1 amide bonds. The Kier molecular flexibility index (Phi) is 4.56. The van der Waals surface area contributed by atoms with Crippen LogP contribution < -0.4 is 5.32 Å². The van der Waals surface area contributed by atoms with E-state index in [4.69, 9.17) is 9.47 Å². The van der Waals surface area contributed by atoms with Crippen molar-refractivity contribution in [2.45, 2.75) is 18.9 Å². The van der Waals surface area contributed by atoms with Crippen molar-refractivity contribution in [1.29, 1.82) is 0 Å². The molecule has 2 saturated heterocycles. The molecule has 92 valence electrons. The Labute approximate surface area is 96.1 Å². The monoisotopic (exact) mass is 228 g/mol. The number of rotatable bonds is 3. The van der Waals surface area contributed by atoms with Crippen LogP contribution in [-0.4, -0.2) is 62.9 Å². The fourth-order valence-corrected chi connectivity index (χ4v) is 2.04. The summed E-state index contributed by atoms with van der Waals surface area (Å²) in [6.45, 7) is 5.13. The highest BCUT2D eigenvalue weighted by Gasteiger charge is 2.19. The van der Waals surface area contributed by atoms with E-state index in [0.717, 1.165) is 52.2 Å². The molecule has 2 aliphatic rings. The molecule has 2 fully saturated rings. The summed E-state index contributed by atoms with van der Waals surface area (Å²) in [5, 5.41) is 3.22. The minimum absolute atomic E-state index is 0.119. The lowest BCUT2D eigenvalue weighted by Gasteiger charge is -2.28. The van der Waals surface area contributed by atoms with Gasteiger partial charge < -0.3 is 19.7 Å². The first-order chi connectivity index (χ1) is 7.86. The van der Waals surface area contributed by atoms with E-state index in [1.54, 1.807) is 0 Å². The molecule has 16 heavy (non-hydrogen) atoms. The van der Waals surface area contributed by atoms with E-state index in [1.807, 2.05) is 4.90 Å². The first kappa shape index (κ1) is 11.8. The summed E-state index contributed by atoms with van der Waals surface area (Å²) < 4.78 is 10.8. The van der Waals surface area contributed by atoms with Crippen LogP contribution in [0.25, 0.3) is 0 Å².